The molecule has 0 spiro atoms. The number of hydrogen-bond donors (Lipinski definition) is 1. The van der Waals surface area contributed by atoms with Gasteiger partial charge in [0, 0.05) is 51.6 Å². The molecule has 44 heavy (non-hydrogen) atoms. The summed E-state index contributed by atoms with van der Waals surface area (Å²) in [5.41, 5.74) is 3.31. The van der Waals surface area contributed by atoms with Gasteiger partial charge in [-0.25, -0.2) is 0 Å². The Kier molecular flexibility index (Phi) is 9.81. The number of rotatable bonds is 13. The Hall–Kier alpha value is -3.84. The molecule has 4 aromatic carbocycles. The number of benzene rings is 4. The summed E-state index contributed by atoms with van der Waals surface area (Å²) in [6.07, 6.45) is 2.65. The van der Waals surface area contributed by atoms with Gasteiger partial charge in [-0.05, 0) is 52.9 Å². The van der Waals surface area contributed by atoms with E-state index >= 15 is 0 Å². The highest BCUT2D eigenvalue weighted by Gasteiger charge is 2.41. The van der Waals surface area contributed by atoms with Crippen LogP contribution in [0.2, 0.25) is 0 Å². The predicted octanol–water partition coefficient (Wildman–Crippen LogP) is 6.63. The standard InChI is InChI=1S/C38H44N2O4/c1-2-3-24-42-34-17-15-33(16-18-34)38(41,26-30-10-6-4-7-11-30)35(32-12-8-5-9-13-32)28-40-22-20-39(21-23-40)27-31-14-19-36-37(25-31)44-29-43-36/h4-19,25,35,41H,2-3,20-24,26-29H2,1H3/t35-,38+/m1/s1. The minimum absolute atomic E-state index is 0.129. The predicted molar refractivity (Wildman–Crippen MR) is 174 cm³/mol. The molecule has 0 aromatic heterocycles. The summed E-state index contributed by atoms with van der Waals surface area (Å²) in [4.78, 5) is 5.02. The van der Waals surface area contributed by atoms with E-state index in [-0.39, 0.29) is 5.92 Å². The Morgan fingerprint density at radius 3 is 2.18 bits per heavy atom. The first-order chi connectivity index (χ1) is 21.6. The van der Waals surface area contributed by atoms with E-state index in [9.17, 15) is 5.11 Å². The van der Waals surface area contributed by atoms with Gasteiger partial charge in [-0.1, -0.05) is 92.2 Å². The van der Waals surface area contributed by atoms with Crippen molar-refractivity contribution in [1.29, 1.82) is 0 Å². The van der Waals surface area contributed by atoms with Crippen LogP contribution in [0, 0.1) is 0 Å². The van der Waals surface area contributed by atoms with Crippen LogP contribution < -0.4 is 14.2 Å². The number of aliphatic hydroxyl groups is 1. The molecule has 2 aliphatic rings. The number of piperazine rings is 1. The maximum absolute atomic E-state index is 12.9. The number of fused-ring (bicyclic) bond motifs is 1. The molecule has 230 valence electrons. The zero-order chi connectivity index (χ0) is 30.2. The van der Waals surface area contributed by atoms with Crippen LogP contribution in [0.25, 0.3) is 0 Å². The Morgan fingerprint density at radius 1 is 0.773 bits per heavy atom. The molecule has 0 radical (unpaired) electrons. The summed E-state index contributed by atoms with van der Waals surface area (Å²) in [6, 6.07) is 35.3. The highest BCUT2D eigenvalue weighted by atomic mass is 16.7. The molecule has 6 nitrogen and oxygen atoms in total. The van der Waals surface area contributed by atoms with E-state index in [1.165, 1.54) is 5.56 Å². The average Bonchev–Trinajstić information content (AvgIpc) is 3.54. The summed E-state index contributed by atoms with van der Waals surface area (Å²) in [7, 11) is 0. The molecule has 0 unspecified atom stereocenters. The van der Waals surface area contributed by atoms with Crippen molar-refractivity contribution in [2.75, 3.05) is 46.1 Å². The van der Waals surface area contributed by atoms with Crippen LogP contribution in [0.1, 0.15) is 47.9 Å². The van der Waals surface area contributed by atoms with Crippen molar-refractivity contribution < 1.29 is 19.3 Å². The lowest BCUT2D eigenvalue weighted by Gasteiger charge is -2.42. The molecule has 2 heterocycles. The monoisotopic (exact) mass is 592 g/mol. The highest BCUT2D eigenvalue weighted by Crippen LogP contribution is 2.41. The molecule has 1 fully saturated rings. The van der Waals surface area contributed by atoms with Crippen molar-refractivity contribution in [3.8, 4) is 17.2 Å². The summed E-state index contributed by atoms with van der Waals surface area (Å²) >= 11 is 0. The second-order valence-corrected chi connectivity index (χ2v) is 12.0. The van der Waals surface area contributed by atoms with Gasteiger partial charge < -0.3 is 24.2 Å². The Balaban J connectivity index is 1.22. The molecule has 6 rings (SSSR count). The van der Waals surface area contributed by atoms with Crippen molar-refractivity contribution in [1.82, 2.24) is 9.80 Å². The van der Waals surface area contributed by atoms with Gasteiger partial charge in [-0.2, -0.15) is 0 Å². The molecular formula is C38H44N2O4. The lowest BCUT2D eigenvalue weighted by atomic mass is 9.73. The fourth-order valence-electron chi connectivity index (χ4n) is 6.41. The van der Waals surface area contributed by atoms with Crippen LogP contribution in [0.4, 0.5) is 0 Å². The first-order valence-electron chi connectivity index (χ1n) is 16.0. The van der Waals surface area contributed by atoms with Gasteiger partial charge in [0.1, 0.15) is 11.4 Å². The van der Waals surface area contributed by atoms with E-state index in [0.717, 1.165) is 86.0 Å². The number of unbranched alkanes of at least 4 members (excludes halogenated alkanes) is 1. The zero-order valence-electron chi connectivity index (χ0n) is 25.7. The average molecular weight is 593 g/mol. The topological polar surface area (TPSA) is 54.4 Å². The van der Waals surface area contributed by atoms with Crippen LogP contribution in [0.15, 0.2) is 103 Å². The molecule has 1 saturated heterocycles. The summed E-state index contributed by atoms with van der Waals surface area (Å²) in [5, 5.41) is 12.9. The van der Waals surface area contributed by atoms with E-state index in [4.69, 9.17) is 14.2 Å². The van der Waals surface area contributed by atoms with Gasteiger partial charge >= 0.3 is 0 Å². The maximum Gasteiger partial charge on any atom is 0.231 e. The fraction of sp³-hybridized carbons (Fsp3) is 0.368. The van der Waals surface area contributed by atoms with E-state index in [1.54, 1.807) is 0 Å². The van der Waals surface area contributed by atoms with Gasteiger partial charge in [0.05, 0.1) is 6.61 Å². The molecule has 4 aromatic rings. The minimum Gasteiger partial charge on any atom is -0.494 e. The summed E-state index contributed by atoms with van der Waals surface area (Å²) in [6.45, 7) is 8.65. The second-order valence-electron chi connectivity index (χ2n) is 12.0. The molecule has 0 amide bonds. The van der Waals surface area contributed by atoms with E-state index in [0.29, 0.717) is 19.8 Å². The lowest BCUT2D eigenvalue weighted by molar-refractivity contribution is -0.0104. The number of ether oxygens (including phenoxy) is 3. The van der Waals surface area contributed by atoms with Gasteiger partial charge in [0.15, 0.2) is 11.5 Å². The smallest absolute Gasteiger partial charge is 0.231 e. The van der Waals surface area contributed by atoms with Crippen molar-refractivity contribution in [2.24, 2.45) is 0 Å². The van der Waals surface area contributed by atoms with E-state index in [2.05, 4.69) is 89.5 Å². The third kappa shape index (κ3) is 7.27. The fourth-order valence-corrected chi connectivity index (χ4v) is 6.41. The van der Waals surface area contributed by atoms with Crippen molar-refractivity contribution in [3.05, 3.63) is 125 Å². The van der Waals surface area contributed by atoms with E-state index < -0.39 is 5.60 Å². The highest BCUT2D eigenvalue weighted by molar-refractivity contribution is 5.44. The lowest BCUT2D eigenvalue weighted by Crippen LogP contribution is -2.50. The van der Waals surface area contributed by atoms with Gasteiger partial charge in [0.25, 0.3) is 0 Å². The molecule has 1 N–H and O–H groups in total. The Morgan fingerprint density at radius 2 is 1.45 bits per heavy atom. The first-order valence-corrected chi connectivity index (χ1v) is 16.0. The quantitative estimate of drug-likeness (QED) is 0.176. The maximum atomic E-state index is 12.9. The molecule has 0 saturated carbocycles. The Labute approximate surface area is 261 Å². The van der Waals surface area contributed by atoms with E-state index in [1.807, 2.05) is 30.3 Å². The van der Waals surface area contributed by atoms with Gasteiger partial charge in [-0.3, -0.25) is 4.90 Å². The van der Waals surface area contributed by atoms with Crippen LogP contribution in [0.5, 0.6) is 17.2 Å². The van der Waals surface area contributed by atoms with Crippen molar-refractivity contribution >= 4 is 0 Å². The van der Waals surface area contributed by atoms with Crippen molar-refractivity contribution in [2.45, 2.75) is 44.2 Å². The summed E-state index contributed by atoms with van der Waals surface area (Å²) in [5.74, 6) is 2.38. The van der Waals surface area contributed by atoms with Crippen LogP contribution >= 0.6 is 0 Å². The third-order valence-corrected chi connectivity index (χ3v) is 8.96. The minimum atomic E-state index is -1.12. The second kappa shape index (κ2) is 14.3. The largest absolute Gasteiger partial charge is 0.494 e. The van der Waals surface area contributed by atoms with Gasteiger partial charge in [-0.15, -0.1) is 0 Å². The zero-order valence-corrected chi connectivity index (χ0v) is 25.7. The third-order valence-electron chi connectivity index (χ3n) is 8.96. The molecule has 0 bridgehead atoms. The molecule has 2 atom stereocenters. The summed E-state index contributed by atoms with van der Waals surface area (Å²) < 4.78 is 17.0. The molecule has 2 aliphatic heterocycles. The molecular weight excluding hydrogens is 548 g/mol. The Bertz CT molecular complexity index is 1460. The SMILES string of the molecule is CCCCOc1ccc([C@@](O)(Cc2ccccc2)[C@H](CN2CCN(Cc3ccc4c(c3)OCO4)CC2)c2ccccc2)cc1. The van der Waals surface area contributed by atoms with Crippen LogP contribution in [0.3, 0.4) is 0 Å². The molecule has 6 heteroatoms. The van der Waals surface area contributed by atoms with Crippen molar-refractivity contribution in [3.63, 3.8) is 0 Å². The van der Waals surface area contributed by atoms with Crippen LogP contribution in [-0.4, -0.2) is 61.0 Å². The van der Waals surface area contributed by atoms with Crippen LogP contribution in [-0.2, 0) is 18.6 Å². The molecule has 0 aliphatic carbocycles. The number of nitrogens with zero attached hydrogens (tertiary/aromatic N) is 2. The normalized spacial score (nSPS) is 17.2. The number of hydrogen-bond acceptors (Lipinski definition) is 6. The van der Waals surface area contributed by atoms with Gasteiger partial charge in [0.2, 0.25) is 6.79 Å². The first kappa shape index (κ1) is 30.2.